The number of nitrogens with one attached hydrogen (secondary N) is 3. The highest BCUT2D eigenvalue weighted by molar-refractivity contribution is 6.36. The molecule has 68 heavy (non-hydrogen) atoms. The molecule has 4 aromatic rings. The summed E-state index contributed by atoms with van der Waals surface area (Å²) in [4.78, 5) is 82.6. The summed E-state index contributed by atoms with van der Waals surface area (Å²) in [6.45, 7) is 8.75. The smallest absolute Gasteiger partial charge is 0.276 e. The first-order valence-corrected chi connectivity index (χ1v) is 23.9. The van der Waals surface area contributed by atoms with Crippen molar-refractivity contribution in [3.8, 4) is 5.75 Å². The second-order valence-electron chi connectivity index (χ2n) is 17.6. The van der Waals surface area contributed by atoms with Crippen molar-refractivity contribution in [3.63, 3.8) is 0 Å². The van der Waals surface area contributed by atoms with Gasteiger partial charge >= 0.3 is 0 Å². The van der Waals surface area contributed by atoms with E-state index >= 15 is 0 Å². The number of amides is 6. The van der Waals surface area contributed by atoms with Crippen molar-refractivity contribution >= 4 is 75.8 Å². The Morgan fingerprint density at radius 3 is 2.26 bits per heavy atom. The van der Waals surface area contributed by atoms with Crippen LogP contribution in [-0.4, -0.2) is 105 Å². The van der Waals surface area contributed by atoms with E-state index in [9.17, 15) is 33.2 Å². The fraction of sp³-hybridized carbons (Fsp3) is 0.429. The summed E-state index contributed by atoms with van der Waals surface area (Å²) in [6.07, 6.45) is 8.04. The van der Waals surface area contributed by atoms with Gasteiger partial charge < -0.3 is 26.0 Å². The number of imide groups is 2. The topological polar surface area (TPSA) is 209 Å². The van der Waals surface area contributed by atoms with Crippen molar-refractivity contribution in [2.45, 2.75) is 109 Å². The Labute approximate surface area is 404 Å². The highest BCUT2D eigenvalue weighted by Gasteiger charge is 2.45. The highest BCUT2D eigenvalue weighted by Crippen LogP contribution is 2.36. The monoisotopic (exact) mass is 971 g/mol. The fourth-order valence-electron chi connectivity index (χ4n) is 9.16. The van der Waals surface area contributed by atoms with Crippen LogP contribution in [0.2, 0.25) is 10.0 Å². The molecule has 2 saturated heterocycles. The zero-order valence-electron chi connectivity index (χ0n) is 38.3. The molecule has 3 aliphatic heterocycles. The zero-order chi connectivity index (χ0) is 48.6. The Morgan fingerprint density at radius 1 is 0.897 bits per heavy atom. The van der Waals surface area contributed by atoms with Gasteiger partial charge in [-0.1, -0.05) is 67.8 Å². The Morgan fingerprint density at radius 2 is 1.57 bits per heavy atom. The zero-order valence-corrected chi connectivity index (χ0v) is 39.8. The molecule has 1 aromatic heterocycles. The molecule has 6 amide bonds. The Kier molecular flexibility index (Phi) is 16.3. The number of benzene rings is 3. The lowest BCUT2D eigenvalue weighted by Gasteiger charge is -2.44. The minimum absolute atomic E-state index is 0.0325. The molecule has 0 radical (unpaired) electrons. The van der Waals surface area contributed by atoms with Gasteiger partial charge in [0.1, 0.15) is 18.0 Å². The number of piperidine rings is 1. The van der Waals surface area contributed by atoms with Gasteiger partial charge in [-0.25, -0.2) is 4.39 Å². The third-order valence-corrected chi connectivity index (χ3v) is 13.4. The SMILES string of the molecule is C[C@@H]1CN(C(=O)c2ccc(NC(=O)c3cc(O[C@H](C)c4c(Cl)ccc(F)c4Cl)c(N)nn3)cc2)C[C@H](C)N1CCCCCCCCCCNc1cccc2c1C(=O)N(C1CCC(=O)NC1=O)C2=O. The summed E-state index contributed by atoms with van der Waals surface area (Å²) in [5.74, 6) is -3.44. The van der Waals surface area contributed by atoms with E-state index in [2.05, 4.69) is 44.9 Å². The largest absolute Gasteiger partial charge is 0.482 e. The maximum Gasteiger partial charge on any atom is 0.276 e. The van der Waals surface area contributed by atoms with Crippen molar-refractivity contribution in [3.05, 3.63) is 104 Å². The summed E-state index contributed by atoms with van der Waals surface area (Å²) in [6, 6.07) is 15.0. The standard InChI is InChI=1S/C49H56Cl2FN9O7/c1-28-26-59(47(65)31-15-17-32(18-16-31)55-45(63)37-25-39(44(53)58-57-37)68-30(3)41-34(50)19-20-35(52)43(41)51)27-29(2)60(28)24-11-9-7-5-4-6-8-10-23-54-36-14-12-13-33-42(36)49(67)61(48(33)66)38-21-22-40(62)56-46(38)64/h12-20,25,28-30,38,54H,4-11,21-24,26-27H2,1-3H3,(H2,53,58)(H,55,63)(H,56,62,64)/t28-,29+,30-,38?/m1/s1. The number of nitrogens with two attached hydrogens (primary N) is 1. The van der Waals surface area contributed by atoms with Gasteiger partial charge in [0.2, 0.25) is 11.8 Å². The van der Waals surface area contributed by atoms with Crippen LogP contribution in [0.1, 0.15) is 138 Å². The lowest BCUT2D eigenvalue weighted by molar-refractivity contribution is -0.136. The van der Waals surface area contributed by atoms with Gasteiger partial charge in [-0.2, -0.15) is 0 Å². The van der Waals surface area contributed by atoms with Crippen molar-refractivity contribution in [2.75, 3.05) is 42.5 Å². The average molecular weight is 973 g/mol. The second-order valence-corrected chi connectivity index (χ2v) is 18.4. The summed E-state index contributed by atoms with van der Waals surface area (Å²) < 4.78 is 20.0. The molecule has 3 aliphatic rings. The van der Waals surface area contributed by atoms with E-state index in [1.165, 1.54) is 12.1 Å². The van der Waals surface area contributed by atoms with E-state index in [-0.39, 0.29) is 74.8 Å². The number of nitrogens with zero attached hydrogens (tertiary/aromatic N) is 5. The molecule has 5 N–H and O–H groups in total. The van der Waals surface area contributed by atoms with Gasteiger partial charge in [-0.3, -0.25) is 43.9 Å². The van der Waals surface area contributed by atoms with E-state index in [1.54, 1.807) is 49.4 Å². The molecule has 360 valence electrons. The molecule has 7 rings (SSSR count). The van der Waals surface area contributed by atoms with Gasteiger partial charge in [-0.05, 0) is 95.1 Å². The number of nitrogen functional groups attached to an aromatic ring is 1. The number of unbranched alkanes of at least 4 members (excludes halogenated alkanes) is 7. The van der Waals surface area contributed by atoms with Crippen LogP contribution >= 0.6 is 23.2 Å². The number of carbonyl (C=O) groups excluding carboxylic acids is 6. The molecule has 4 atom stereocenters. The second kappa shape index (κ2) is 22.3. The quantitative estimate of drug-likeness (QED) is 0.0400. The van der Waals surface area contributed by atoms with Gasteiger partial charge in [0.15, 0.2) is 17.3 Å². The first-order chi connectivity index (χ1) is 32.6. The summed E-state index contributed by atoms with van der Waals surface area (Å²) in [7, 11) is 0. The molecule has 0 saturated carbocycles. The van der Waals surface area contributed by atoms with Crippen molar-refractivity contribution < 1.29 is 37.9 Å². The minimum atomic E-state index is -0.992. The maximum absolute atomic E-state index is 14.1. The molecular weight excluding hydrogens is 916 g/mol. The van der Waals surface area contributed by atoms with E-state index in [4.69, 9.17) is 33.7 Å². The lowest BCUT2D eigenvalue weighted by atomic mass is 10.0. The normalized spacial score (nSPS) is 18.9. The molecule has 3 aromatic carbocycles. The molecule has 0 bridgehead atoms. The molecule has 2 fully saturated rings. The van der Waals surface area contributed by atoms with Crippen LogP contribution in [0.25, 0.3) is 0 Å². The van der Waals surface area contributed by atoms with Crippen LogP contribution in [0.3, 0.4) is 0 Å². The van der Waals surface area contributed by atoms with Crippen LogP contribution in [0, 0.1) is 5.82 Å². The number of fused-ring (bicyclic) bond motifs is 1. The number of hydrogen-bond acceptors (Lipinski definition) is 12. The van der Waals surface area contributed by atoms with Crippen LogP contribution in [0.5, 0.6) is 5.75 Å². The van der Waals surface area contributed by atoms with E-state index < -0.39 is 47.5 Å². The van der Waals surface area contributed by atoms with Crippen LogP contribution < -0.4 is 26.4 Å². The Balaban J connectivity index is 0.777. The predicted octanol–water partition coefficient (Wildman–Crippen LogP) is 8.07. The van der Waals surface area contributed by atoms with Gasteiger partial charge in [0.05, 0.1) is 16.1 Å². The Hall–Kier alpha value is -6.17. The molecule has 1 unspecified atom stereocenters. The van der Waals surface area contributed by atoms with E-state index in [1.807, 2.05) is 4.90 Å². The number of anilines is 3. The van der Waals surface area contributed by atoms with Crippen molar-refractivity contribution in [2.24, 2.45) is 0 Å². The molecule has 16 nitrogen and oxygen atoms in total. The first kappa shape index (κ1) is 49.7. The van der Waals surface area contributed by atoms with Crippen LogP contribution in [-0.2, 0) is 9.59 Å². The maximum atomic E-state index is 14.1. The highest BCUT2D eigenvalue weighted by atomic mass is 35.5. The fourth-order valence-corrected chi connectivity index (χ4v) is 9.83. The molecule has 4 heterocycles. The number of rotatable bonds is 19. The third-order valence-electron chi connectivity index (χ3n) is 12.7. The number of halogens is 3. The minimum Gasteiger partial charge on any atom is -0.482 e. The summed E-state index contributed by atoms with van der Waals surface area (Å²) >= 11 is 12.4. The first-order valence-electron chi connectivity index (χ1n) is 23.1. The third kappa shape index (κ3) is 11.4. The van der Waals surface area contributed by atoms with E-state index in [0.717, 1.165) is 68.9 Å². The van der Waals surface area contributed by atoms with Gasteiger partial charge in [0.25, 0.3) is 23.6 Å². The summed E-state index contributed by atoms with van der Waals surface area (Å²) in [5, 5.41) is 16.1. The average Bonchev–Trinajstić information content (AvgIpc) is 3.56. The number of carbonyl (C=O) groups is 6. The molecule has 0 aliphatic carbocycles. The van der Waals surface area contributed by atoms with Crippen LogP contribution in [0.15, 0.2) is 60.7 Å². The van der Waals surface area contributed by atoms with Crippen LogP contribution in [0.4, 0.5) is 21.6 Å². The number of piperazine rings is 1. The molecular formula is C49H56Cl2FN9O7. The lowest BCUT2D eigenvalue weighted by Crippen LogP contribution is -2.58. The van der Waals surface area contributed by atoms with E-state index in [0.29, 0.717) is 36.6 Å². The number of aromatic nitrogens is 2. The Bertz CT molecular complexity index is 2550. The predicted molar refractivity (Wildman–Crippen MR) is 256 cm³/mol. The van der Waals surface area contributed by atoms with Gasteiger partial charge in [0, 0.05) is 71.7 Å². The van der Waals surface area contributed by atoms with Crippen molar-refractivity contribution in [1.29, 1.82) is 0 Å². The molecule has 19 heteroatoms. The van der Waals surface area contributed by atoms with Gasteiger partial charge in [-0.15, -0.1) is 10.2 Å². The number of hydrogen-bond donors (Lipinski definition) is 4. The summed E-state index contributed by atoms with van der Waals surface area (Å²) in [5.41, 5.74) is 8.17. The van der Waals surface area contributed by atoms with Crippen molar-refractivity contribution in [1.82, 2.24) is 30.2 Å². The number of ether oxygens (including phenoxy) is 1. The molecule has 0 spiro atoms.